The smallest absolute Gasteiger partial charge is 0.222 e. The van der Waals surface area contributed by atoms with Crippen LogP contribution in [0.25, 0.3) is 5.70 Å². The molecule has 1 heterocycles. The highest BCUT2D eigenvalue weighted by molar-refractivity contribution is 5.78. The number of nitrogens with one attached hydrogen (secondary N) is 1. The summed E-state index contributed by atoms with van der Waals surface area (Å²) >= 11 is 0. The van der Waals surface area contributed by atoms with Gasteiger partial charge in [0.25, 0.3) is 0 Å². The molecule has 4 nitrogen and oxygen atoms in total. The van der Waals surface area contributed by atoms with E-state index in [1.807, 2.05) is 4.90 Å². The summed E-state index contributed by atoms with van der Waals surface area (Å²) in [5.74, 6) is 0.303. The van der Waals surface area contributed by atoms with Crippen molar-refractivity contribution in [2.45, 2.75) is 59.3 Å². The average molecular weight is 448 g/mol. The van der Waals surface area contributed by atoms with Gasteiger partial charge in [-0.05, 0) is 80.3 Å². The average Bonchev–Trinajstić information content (AvgIpc) is 3.22. The molecule has 2 aromatic rings. The molecule has 0 aliphatic carbocycles. The zero-order chi connectivity index (χ0) is 23.6. The zero-order valence-electron chi connectivity index (χ0n) is 20.8. The van der Waals surface area contributed by atoms with Crippen LogP contribution in [0.3, 0.4) is 0 Å². The van der Waals surface area contributed by atoms with Crippen molar-refractivity contribution < 1.29 is 4.79 Å². The number of aryl methyl sites for hydroxylation is 3. The number of benzene rings is 2. The maximum Gasteiger partial charge on any atom is 0.222 e. The van der Waals surface area contributed by atoms with E-state index in [0.29, 0.717) is 12.3 Å². The molecule has 1 saturated heterocycles. The lowest BCUT2D eigenvalue weighted by atomic mass is 9.99. The number of anilines is 1. The van der Waals surface area contributed by atoms with E-state index in [0.717, 1.165) is 76.1 Å². The summed E-state index contributed by atoms with van der Waals surface area (Å²) in [5, 5.41) is 3.44. The van der Waals surface area contributed by atoms with Crippen LogP contribution in [0.1, 0.15) is 61.3 Å². The molecule has 1 aliphatic heterocycles. The fourth-order valence-corrected chi connectivity index (χ4v) is 4.72. The summed E-state index contributed by atoms with van der Waals surface area (Å²) < 4.78 is 0. The second kappa shape index (κ2) is 12.5. The van der Waals surface area contributed by atoms with E-state index in [2.05, 4.69) is 80.0 Å². The minimum absolute atomic E-state index is 0.303. The van der Waals surface area contributed by atoms with Gasteiger partial charge in [-0.2, -0.15) is 0 Å². The van der Waals surface area contributed by atoms with E-state index in [1.54, 1.807) is 0 Å². The van der Waals surface area contributed by atoms with Crippen LogP contribution in [0.2, 0.25) is 0 Å². The number of para-hydroxylation sites is 1. The first-order chi connectivity index (χ1) is 16.0. The van der Waals surface area contributed by atoms with Gasteiger partial charge in [-0.25, -0.2) is 0 Å². The van der Waals surface area contributed by atoms with E-state index in [1.165, 1.54) is 22.4 Å². The Hall–Kier alpha value is -2.75. The summed E-state index contributed by atoms with van der Waals surface area (Å²) in [6, 6.07) is 15.4. The number of carbonyl (C=O) groups is 1. The Bertz CT molecular complexity index is 936. The van der Waals surface area contributed by atoms with E-state index < -0.39 is 0 Å². The van der Waals surface area contributed by atoms with Gasteiger partial charge in [-0.15, -0.1) is 0 Å². The van der Waals surface area contributed by atoms with Gasteiger partial charge in [-0.3, -0.25) is 4.79 Å². The van der Waals surface area contributed by atoms with Crippen LogP contribution >= 0.6 is 0 Å². The van der Waals surface area contributed by atoms with Gasteiger partial charge in [0.1, 0.15) is 0 Å². The highest BCUT2D eigenvalue weighted by Gasteiger charge is 2.19. The Kier molecular flexibility index (Phi) is 9.41. The molecule has 0 spiro atoms. The molecule has 0 aromatic heterocycles. The Balaban J connectivity index is 1.46. The van der Waals surface area contributed by atoms with E-state index in [-0.39, 0.29) is 0 Å². The standard InChI is InChI=1S/C29H41N3O/c1-5-18-31(28-13-7-6-11-23(28)2)19-8-12-26-15-16-27(22-24(26)3)25(4)30-17-10-21-32-20-9-14-29(32)33/h6-7,11,13,15-16,22,30H,4-5,8-10,12,14,17-21H2,1-3H3. The van der Waals surface area contributed by atoms with E-state index in [9.17, 15) is 4.79 Å². The summed E-state index contributed by atoms with van der Waals surface area (Å²) in [4.78, 5) is 16.2. The van der Waals surface area contributed by atoms with Crippen molar-refractivity contribution in [2.24, 2.45) is 0 Å². The number of carbonyl (C=O) groups excluding carboxylic acids is 1. The lowest BCUT2D eigenvalue weighted by molar-refractivity contribution is -0.127. The number of amides is 1. The zero-order valence-corrected chi connectivity index (χ0v) is 20.8. The molecule has 3 rings (SSSR count). The molecule has 1 N–H and O–H groups in total. The van der Waals surface area contributed by atoms with Crippen molar-refractivity contribution in [3.05, 3.63) is 71.3 Å². The maximum atomic E-state index is 11.7. The molecular formula is C29H41N3O. The second-order valence-electron chi connectivity index (χ2n) is 9.26. The second-order valence-corrected chi connectivity index (χ2v) is 9.26. The third kappa shape index (κ3) is 7.12. The summed E-state index contributed by atoms with van der Waals surface area (Å²) in [6.45, 7) is 15.7. The van der Waals surface area contributed by atoms with Crippen molar-refractivity contribution >= 4 is 17.3 Å². The molecule has 2 aromatic carbocycles. The van der Waals surface area contributed by atoms with Crippen LogP contribution in [0, 0.1) is 13.8 Å². The van der Waals surface area contributed by atoms with Crippen molar-refractivity contribution in [1.82, 2.24) is 10.2 Å². The molecule has 1 aliphatic rings. The molecule has 0 saturated carbocycles. The molecule has 0 bridgehead atoms. The minimum atomic E-state index is 0.303. The summed E-state index contributed by atoms with van der Waals surface area (Å²) in [7, 11) is 0. The maximum absolute atomic E-state index is 11.7. The Morgan fingerprint density at radius 2 is 1.91 bits per heavy atom. The number of hydrogen-bond donors (Lipinski definition) is 1. The lowest BCUT2D eigenvalue weighted by Gasteiger charge is -2.26. The van der Waals surface area contributed by atoms with Gasteiger partial charge < -0.3 is 15.1 Å². The molecule has 33 heavy (non-hydrogen) atoms. The van der Waals surface area contributed by atoms with Crippen LogP contribution in [-0.2, 0) is 11.2 Å². The molecule has 0 radical (unpaired) electrons. The van der Waals surface area contributed by atoms with Crippen LogP contribution in [0.15, 0.2) is 49.0 Å². The molecule has 4 heteroatoms. The van der Waals surface area contributed by atoms with Crippen LogP contribution in [0.4, 0.5) is 5.69 Å². The van der Waals surface area contributed by atoms with E-state index in [4.69, 9.17) is 0 Å². The molecule has 0 unspecified atom stereocenters. The number of rotatable bonds is 13. The molecular weight excluding hydrogens is 406 g/mol. The van der Waals surface area contributed by atoms with Crippen LogP contribution in [0.5, 0.6) is 0 Å². The minimum Gasteiger partial charge on any atom is -0.385 e. The topological polar surface area (TPSA) is 35.6 Å². The van der Waals surface area contributed by atoms with Crippen LogP contribution < -0.4 is 10.2 Å². The first-order valence-electron chi connectivity index (χ1n) is 12.6. The predicted octanol–water partition coefficient (Wildman–Crippen LogP) is 5.73. The van der Waals surface area contributed by atoms with Crippen LogP contribution in [-0.4, -0.2) is 43.5 Å². The molecule has 178 valence electrons. The summed E-state index contributed by atoms with van der Waals surface area (Å²) in [6.07, 6.45) is 6.06. The van der Waals surface area contributed by atoms with Gasteiger partial charge in [0.2, 0.25) is 5.91 Å². The van der Waals surface area contributed by atoms with Gasteiger partial charge in [0.05, 0.1) is 0 Å². The largest absolute Gasteiger partial charge is 0.385 e. The van der Waals surface area contributed by atoms with E-state index >= 15 is 0 Å². The van der Waals surface area contributed by atoms with Gasteiger partial charge in [-0.1, -0.05) is 43.8 Å². The normalized spacial score (nSPS) is 13.4. The molecule has 1 amide bonds. The van der Waals surface area contributed by atoms with Crippen molar-refractivity contribution in [2.75, 3.05) is 37.6 Å². The van der Waals surface area contributed by atoms with Crippen molar-refractivity contribution in [3.63, 3.8) is 0 Å². The number of nitrogens with zero attached hydrogens (tertiary/aromatic N) is 2. The predicted molar refractivity (Wildman–Crippen MR) is 141 cm³/mol. The number of hydrogen-bond acceptors (Lipinski definition) is 3. The monoisotopic (exact) mass is 447 g/mol. The molecule has 0 atom stereocenters. The van der Waals surface area contributed by atoms with Crippen molar-refractivity contribution in [3.8, 4) is 0 Å². The Labute approximate surface area is 200 Å². The number of likely N-dealkylation sites (tertiary alicyclic amines) is 1. The molecule has 1 fully saturated rings. The van der Waals surface area contributed by atoms with Gasteiger partial charge in [0.15, 0.2) is 0 Å². The van der Waals surface area contributed by atoms with Gasteiger partial charge in [0, 0.05) is 50.5 Å². The fraction of sp³-hybridized carbons (Fsp3) is 0.483. The quantitative estimate of drug-likeness (QED) is 0.399. The fourth-order valence-electron chi connectivity index (χ4n) is 4.72. The Morgan fingerprint density at radius 1 is 1.09 bits per heavy atom. The highest BCUT2D eigenvalue weighted by atomic mass is 16.2. The first kappa shape index (κ1) is 24.9. The first-order valence-corrected chi connectivity index (χ1v) is 12.6. The third-order valence-corrected chi connectivity index (χ3v) is 6.63. The summed E-state index contributed by atoms with van der Waals surface area (Å²) in [5.41, 5.74) is 7.58. The SMILES string of the molecule is C=C(NCCCN1CCCC1=O)c1ccc(CCCN(CCC)c2ccccc2C)c(C)c1. The third-order valence-electron chi connectivity index (χ3n) is 6.63. The lowest BCUT2D eigenvalue weighted by Crippen LogP contribution is -2.28. The Morgan fingerprint density at radius 3 is 2.61 bits per heavy atom. The van der Waals surface area contributed by atoms with Gasteiger partial charge >= 0.3 is 0 Å². The highest BCUT2D eigenvalue weighted by Crippen LogP contribution is 2.22. The van der Waals surface area contributed by atoms with Crippen molar-refractivity contribution in [1.29, 1.82) is 0 Å².